The molecule has 17 heavy (non-hydrogen) atoms. The van der Waals surface area contributed by atoms with Crippen LogP contribution in [0.2, 0.25) is 0 Å². The Hall–Kier alpha value is -1.15. The lowest BCUT2D eigenvalue weighted by Gasteiger charge is -2.15. The molecule has 1 fully saturated rings. The van der Waals surface area contributed by atoms with Gasteiger partial charge in [0.15, 0.2) is 0 Å². The SMILES string of the molecule is CCC(=O)C1CCN(Cc2ccc(C)cc2)C1. The molecule has 0 aliphatic carbocycles. The molecule has 1 aliphatic heterocycles. The Bertz CT molecular complexity index is 382. The summed E-state index contributed by atoms with van der Waals surface area (Å²) in [6.45, 7) is 7.05. The number of benzene rings is 1. The predicted octanol–water partition coefficient (Wildman–Crippen LogP) is 2.80. The van der Waals surface area contributed by atoms with Crippen LogP contribution in [0.15, 0.2) is 24.3 Å². The van der Waals surface area contributed by atoms with E-state index in [0.29, 0.717) is 12.2 Å². The second-order valence-electron chi connectivity index (χ2n) is 5.03. The number of carbonyl (C=O) groups is 1. The molecule has 2 heteroatoms. The van der Waals surface area contributed by atoms with Gasteiger partial charge in [-0.3, -0.25) is 9.69 Å². The van der Waals surface area contributed by atoms with E-state index in [2.05, 4.69) is 36.1 Å². The van der Waals surface area contributed by atoms with Gasteiger partial charge in [0.2, 0.25) is 0 Å². The van der Waals surface area contributed by atoms with Crippen molar-refractivity contribution in [2.24, 2.45) is 5.92 Å². The zero-order chi connectivity index (χ0) is 12.3. The first-order chi connectivity index (χ1) is 8.19. The first kappa shape index (κ1) is 12.3. The summed E-state index contributed by atoms with van der Waals surface area (Å²) in [5.41, 5.74) is 2.65. The van der Waals surface area contributed by atoms with Crippen LogP contribution in [0.4, 0.5) is 0 Å². The third kappa shape index (κ3) is 3.16. The van der Waals surface area contributed by atoms with Crippen LogP contribution in [0.5, 0.6) is 0 Å². The second kappa shape index (κ2) is 5.46. The summed E-state index contributed by atoms with van der Waals surface area (Å²) < 4.78 is 0. The van der Waals surface area contributed by atoms with Crippen LogP contribution in [-0.2, 0) is 11.3 Å². The number of hydrogen-bond acceptors (Lipinski definition) is 2. The summed E-state index contributed by atoms with van der Waals surface area (Å²) in [4.78, 5) is 14.0. The fraction of sp³-hybridized carbons (Fsp3) is 0.533. The Kier molecular flexibility index (Phi) is 3.95. The highest BCUT2D eigenvalue weighted by Crippen LogP contribution is 2.20. The highest BCUT2D eigenvalue weighted by atomic mass is 16.1. The van der Waals surface area contributed by atoms with Gasteiger partial charge in [-0.1, -0.05) is 36.8 Å². The van der Waals surface area contributed by atoms with Crippen LogP contribution < -0.4 is 0 Å². The summed E-state index contributed by atoms with van der Waals surface area (Å²) in [6.07, 6.45) is 1.72. The van der Waals surface area contributed by atoms with Gasteiger partial charge in [0.05, 0.1) is 0 Å². The van der Waals surface area contributed by atoms with Crippen molar-refractivity contribution in [2.75, 3.05) is 13.1 Å². The molecular weight excluding hydrogens is 210 g/mol. The van der Waals surface area contributed by atoms with E-state index in [9.17, 15) is 4.79 Å². The van der Waals surface area contributed by atoms with Gasteiger partial charge in [-0.15, -0.1) is 0 Å². The van der Waals surface area contributed by atoms with Crippen molar-refractivity contribution in [1.82, 2.24) is 4.90 Å². The maximum Gasteiger partial charge on any atom is 0.137 e. The summed E-state index contributed by atoms with van der Waals surface area (Å²) in [5, 5.41) is 0. The summed E-state index contributed by atoms with van der Waals surface area (Å²) in [5.74, 6) is 0.710. The van der Waals surface area contributed by atoms with Crippen molar-refractivity contribution in [3.63, 3.8) is 0 Å². The highest BCUT2D eigenvalue weighted by Gasteiger charge is 2.26. The third-order valence-electron chi connectivity index (χ3n) is 3.60. The molecule has 92 valence electrons. The Morgan fingerprint density at radius 1 is 1.35 bits per heavy atom. The first-order valence-electron chi connectivity index (χ1n) is 6.49. The minimum atomic E-state index is 0.283. The molecule has 1 aliphatic rings. The fourth-order valence-electron chi connectivity index (χ4n) is 2.48. The van der Waals surface area contributed by atoms with E-state index in [1.54, 1.807) is 0 Å². The Labute approximate surface area is 104 Å². The van der Waals surface area contributed by atoms with Gasteiger partial charge in [-0.2, -0.15) is 0 Å². The van der Waals surface area contributed by atoms with Crippen molar-refractivity contribution in [3.05, 3.63) is 35.4 Å². The molecule has 0 saturated carbocycles. The zero-order valence-electron chi connectivity index (χ0n) is 10.8. The molecule has 1 aromatic rings. The van der Waals surface area contributed by atoms with Gasteiger partial charge in [-0.25, -0.2) is 0 Å². The van der Waals surface area contributed by atoms with Crippen molar-refractivity contribution >= 4 is 5.78 Å². The van der Waals surface area contributed by atoms with E-state index < -0.39 is 0 Å². The average Bonchev–Trinajstić information content (AvgIpc) is 2.80. The number of carbonyl (C=O) groups excluding carboxylic acids is 1. The number of Topliss-reactive ketones (excluding diaryl/α,β-unsaturated/α-hetero) is 1. The van der Waals surface area contributed by atoms with Gasteiger partial charge in [0.1, 0.15) is 5.78 Å². The van der Waals surface area contributed by atoms with E-state index in [4.69, 9.17) is 0 Å². The molecule has 0 amide bonds. The van der Waals surface area contributed by atoms with Crippen molar-refractivity contribution in [2.45, 2.75) is 33.2 Å². The fourth-order valence-corrected chi connectivity index (χ4v) is 2.48. The molecule has 1 heterocycles. The average molecular weight is 231 g/mol. The summed E-state index contributed by atoms with van der Waals surface area (Å²) in [7, 11) is 0. The molecule has 0 spiro atoms. The van der Waals surface area contributed by atoms with Gasteiger partial charge < -0.3 is 0 Å². The smallest absolute Gasteiger partial charge is 0.137 e. The van der Waals surface area contributed by atoms with E-state index in [0.717, 1.165) is 26.1 Å². The summed E-state index contributed by atoms with van der Waals surface area (Å²) in [6, 6.07) is 8.68. The van der Waals surface area contributed by atoms with Crippen molar-refractivity contribution < 1.29 is 4.79 Å². The number of ketones is 1. The second-order valence-corrected chi connectivity index (χ2v) is 5.03. The zero-order valence-corrected chi connectivity index (χ0v) is 10.8. The number of aryl methyl sites for hydroxylation is 1. The molecular formula is C15H21NO. The van der Waals surface area contributed by atoms with Crippen LogP contribution in [0.25, 0.3) is 0 Å². The number of nitrogens with zero attached hydrogens (tertiary/aromatic N) is 1. The molecule has 1 unspecified atom stereocenters. The molecule has 0 aromatic heterocycles. The maximum atomic E-state index is 11.6. The molecule has 1 saturated heterocycles. The normalized spacial score (nSPS) is 20.7. The lowest BCUT2D eigenvalue weighted by molar-refractivity contribution is -0.122. The molecule has 1 atom stereocenters. The number of likely N-dealkylation sites (tertiary alicyclic amines) is 1. The van der Waals surface area contributed by atoms with Crippen LogP contribution in [0.3, 0.4) is 0 Å². The molecule has 0 bridgehead atoms. The molecule has 0 N–H and O–H groups in total. The minimum absolute atomic E-state index is 0.283. The van der Waals surface area contributed by atoms with E-state index in [-0.39, 0.29) is 5.92 Å². The van der Waals surface area contributed by atoms with Gasteiger partial charge in [0.25, 0.3) is 0 Å². The topological polar surface area (TPSA) is 20.3 Å². The Balaban J connectivity index is 1.89. The Morgan fingerprint density at radius 2 is 2.06 bits per heavy atom. The lowest BCUT2D eigenvalue weighted by atomic mass is 10.0. The lowest BCUT2D eigenvalue weighted by Crippen LogP contribution is -2.22. The molecule has 1 aromatic carbocycles. The maximum absolute atomic E-state index is 11.6. The predicted molar refractivity (Wildman–Crippen MR) is 69.9 cm³/mol. The van der Waals surface area contributed by atoms with Gasteiger partial charge in [0, 0.05) is 25.4 Å². The first-order valence-corrected chi connectivity index (χ1v) is 6.49. The number of rotatable bonds is 4. The molecule has 2 nitrogen and oxygen atoms in total. The van der Waals surface area contributed by atoms with Crippen LogP contribution in [0, 0.1) is 12.8 Å². The monoisotopic (exact) mass is 231 g/mol. The molecule has 0 radical (unpaired) electrons. The van der Waals surface area contributed by atoms with Crippen molar-refractivity contribution in [1.29, 1.82) is 0 Å². The Morgan fingerprint density at radius 3 is 2.71 bits per heavy atom. The van der Waals surface area contributed by atoms with E-state index >= 15 is 0 Å². The molecule has 2 rings (SSSR count). The third-order valence-corrected chi connectivity index (χ3v) is 3.60. The van der Waals surface area contributed by atoms with E-state index in [1.165, 1.54) is 11.1 Å². The standard InChI is InChI=1S/C15H21NO/c1-3-15(17)14-8-9-16(11-14)10-13-6-4-12(2)5-7-13/h4-7,14H,3,8-11H2,1-2H3. The van der Waals surface area contributed by atoms with Crippen molar-refractivity contribution in [3.8, 4) is 0 Å². The van der Waals surface area contributed by atoms with Gasteiger partial charge >= 0.3 is 0 Å². The largest absolute Gasteiger partial charge is 0.299 e. The van der Waals surface area contributed by atoms with Gasteiger partial charge in [-0.05, 0) is 25.5 Å². The van der Waals surface area contributed by atoms with Crippen LogP contribution in [-0.4, -0.2) is 23.8 Å². The van der Waals surface area contributed by atoms with Crippen LogP contribution >= 0.6 is 0 Å². The minimum Gasteiger partial charge on any atom is -0.299 e. The highest BCUT2D eigenvalue weighted by molar-refractivity contribution is 5.81. The van der Waals surface area contributed by atoms with E-state index in [1.807, 2.05) is 6.92 Å². The quantitative estimate of drug-likeness (QED) is 0.794. The van der Waals surface area contributed by atoms with Crippen LogP contribution in [0.1, 0.15) is 30.9 Å². The summed E-state index contributed by atoms with van der Waals surface area (Å²) >= 11 is 0. The number of hydrogen-bond donors (Lipinski definition) is 0.